The number of hydrogen-bond donors (Lipinski definition) is 0. The summed E-state index contributed by atoms with van der Waals surface area (Å²) in [6.07, 6.45) is 3.65. The summed E-state index contributed by atoms with van der Waals surface area (Å²) in [5.74, 6) is 0. The van der Waals surface area contributed by atoms with E-state index >= 15 is 0 Å². The van der Waals surface area contributed by atoms with Gasteiger partial charge in [0.15, 0.2) is 0 Å². The average molecular weight is 501 g/mol. The summed E-state index contributed by atoms with van der Waals surface area (Å²) in [5, 5.41) is 14.8. The van der Waals surface area contributed by atoms with Gasteiger partial charge in [-0.3, -0.25) is 0 Å². The van der Waals surface area contributed by atoms with Crippen molar-refractivity contribution in [2.24, 2.45) is 0 Å². The predicted octanol–water partition coefficient (Wildman–Crippen LogP) is 10.9. The van der Waals surface area contributed by atoms with Gasteiger partial charge in [0.25, 0.3) is 0 Å². The fraction of sp³-hybridized carbons (Fsp3) is 0. The van der Waals surface area contributed by atoms with Gasteiger partial charge in [-0.2, -0.15) is 11.3 Å². The maximum atomic E-state index is 5.61. The highest BCUT2D eigenvalue weighted by atomic mass is 32.1. The molecule has 0 bridgehead atoms. The molecule has 9 rings (SSSR count). The molecule has 0 unspecified atom stereocenters. The molecular weight excluding hydrogens is 480 g/mol. The van der Waals surface area contributed by atoms with Crippen LogP contribution in [0.2, 0.25) is 0 Å². The minimum Gasteiger partial charge on any atom is -0.472 e. The Morgan fingerprint density at radius 3 is 1.95 bits per heavy atom. The molecule has 0 saturated heterocycles. The van der Waals surface area contributed by atoms with Crippen LogP contribution in [0.15, 0.2) is 125 Å². The lowest BCUT2D eigenvalue weighted by atomic mass is 9.85. The Bertz CT molecular complexity index is 2220. The van der Waals surface area contributed by atoms with Crippen molar-refractivity contribution in [2.75, 3.05) is 0 Å². The van der Waals surface area contributed by atoms with Crippen LogP contribution >= 0.6 is 11.3 Å². The topological polar surface area (TPSA) is 13.1 Å². The van der Waals surface area contributed by atoms with Crippen molar-refractivity contribution in [2.45, 2.75) is 0 Å². The van der Waals surface area contributed by atoms with E-state index in [1.165, 1.54) is 82.0 Å². The minimum atomic E-state index is 1.11. The van der Waals surface area contributed by atoms with Crippen molar-refractivity contribution < 1.29 is 4.42 Å². The van der Waals surface area contributed by atoms with Crippen LogP contribution in [0, 0.1) is 0 Å². The van der Waals surface area contributed by atoms with Gasteiger partial charge in [-0.25, -0.2) is 0 Å². The molecule has 0 aliphatic heterocycles. The molecule has 0 saturated carbocycles. The molecule has 2 heterocycles. The molecule has 1 aliphatic carbocycles. The van der Waals surface area contributed by atoms with Crippen molar-refractivity contribution in [1.82, 2.24) is 0 Å². The third-order valence-electron chi connectivity index (χ3n) is 8.25. The molecule has 0 spiro atoms. The first-order valence-electron chi connectivity index (χ1n) is 12.9. The summed E-state index contributed by atoms with van der Waals surface area (Å²) in [6.45, 7) is 0. The molecule has 0 atom stereocenters. The van der Waals surface area contributed by atoms with Gasteiger partial charge in [-0.15, -0.1) is 0 Å². The molecule has 0 amide bonds. The van der Waals surface area contributed by atoms with Crippen molar-refractivity contribution in [3.63, 3.8) is 0 Å². The van der Waals surface area contributed by atoms with Crippen molar-refractivity contribution >= 4 is 54.4 Å². The normalized spacial score (nSPS) is 12.2. The molecule has 0 radical (unpaired) electrons. The lowest BCUT2D eigenvalue weighted by molar-refractivity contribution is 0.568. The first kappa shape index (κ1) is 20.4. The summed E-state index contributed by atoms with van der Waals surface area (Å²) in [4.78, 5) is 0. The van der Waals surface area contributed by atoms with E-state index in [-0.39, 0.29) is 0 Å². The van der Waals surface area contributed by atoms with Gasteiger partial charge in [0, 0.05) is 11.1 Å². The Morgan fingerprint density at radius 2 is 1.21 bits per heavy atom. The van der Waals surface area contributed by atoms with E-state index in [1.54, 1.807) is 17.6 Å². The molecule has 6 aromatic carbocycles. The van der Waals surface area contributed by atoms with Crippen LogP contribution in [0.25, 0.3) is 87.6 Å². The zero-order valence-corrected chi connectivity index (χ0v) is 21.2. The fourth-order valence-electron chi connectivity index (χ4n) is 6.70. The van der Waals surface area contributed by atoms with E-state index in [9.17, 15) is 0 Å². The number of thiophene rings is 1. The maximum Gasteiger partial charge on any atom is 0.0981 e. The summed E-state index contributed by atoms with van der Waals surface area (Å²) in [6, 6.07) is 36.0. The van der Waals surface area contributed by atoms with Crippen LogP contribution in [-0.4, -0.2) is 0 Å². The first-order chi connectivity index (χ1) is 18.9. The Hall–Kier alpha value is -4.66. The second-order valence-electron chi connectivity index (χ2n) is 10.1. The van der Waals surface area contributed by atoms with Gasteiger partial charge in [0.1, 0.15) is 0 Å². The molecule has 8 aromatic rings. The number of rotatable bonds is 2. The lowest BCUT2D eigenvalue weighted by Gasteiger charge is -2.18. The SMILES string of the molecule is c1ccc2c(c1)cc1c3c(cccc32)-c2cc3c(-c4ccsc4)c4ccccc4c(-c4ccoc4)c3cc2-1. The Kier molecular flexibility index (Phi) is 3.99. The molecular formula is C36H20OS. The fourth-order valence-corrected chi connectivity index (χ4v) is 7.35. The van der Waals surface area contributed by atoms with Gasteiger partial charge in [0.2, 0.25) is 0 Å². The number of fused-ring (bicyclic) bond motifs is 7. The van der Waals surface area contributed by atoms with Crippen LogP contribution in [0.1, 0.15) is 0 Å². The highest BCUT2D eigenvalue weighted by Gasteiger charge is 2.26. The van der Waals surface area contributed by atoms with Crippen LogP contribution < -0.4 is 0 Å². The molecule has 1 aliphatic rings. The Labute approximate surface area is 223 Å². The van der Waals surface area contributed by atoms with Crippen molar-refractivity contribution in [3.05, 3.63) is 120 Å². The predicted molar refractivity (Wildman–Crippen MR) is 162 cm³/mol. The smallest absolute Gasteiger partial charge is 0.0981 e. The van der Waals surface area contributed by atoms with Crippen molar-refractivity contribution in [1.29, 1.82) is 0 Å². The van der Waals surface area contributed by atoms with Crippen LogP contribution in [0.4, 0.5) is 0 Å². The average Bonchev–Trinajstić information content (AvgIpc) is 3.74. The number of hydrogen-bond acceptors (Lipinski definition) is 2. The first-order valence-corrected chi connectivity index (χ1v) is 13.8. The van der Waals surface area contributed by atoms with Gasteiger partial charge < -0.3 is 4.42 Å². The highest BCUT2D eigenvalue weighted by molar-refractivity contribution is 7.08. The van der Waals surface area contributed by atoms with Crippen LogP contribution in [-0.2, 0) is 0 Å². The second-order valence-corrected chi connectivity index (χ2v) is 10.9. The molecule has 2 aromatic heterocycles. The second kappa shape index (κ2) is 7.44. The third kappa shape index (κ3) is 2.60. The van der Waals surface area contributed by atoms with E-state index in [0.717, 1.165) is 5.56 Å². The van der Waals surface area contributed by atoms with Crippen LogP contribution in [0.5, 0.6) is 0 Å². The third-order valence-corrected chi connectivity index (χ3v) is 8.93. The Balaban J connectivity index is 1.51. The minimum absolute atomic E-state index is 1.11. The van der Waals surface area contributed by atoms with Crippen molar-refractivity contribution in [3.8, 4) is 44.5 Å². The van der Waals surface area contributed by atoms with E-state index in [0.29, 0.717) is 0 Å². The quantitative estimate of drug-likeness (QED) is 0.170. The molecule has 0 fully saturated rings. The maximum absolute atomic E-state index is 5.61. The summed E-state index contributed by atoms with van der Waals surface area (Å²) >= 11 is 1.75. The van der Waals surface area contributed by atoms with Gasteiger partial charge in [-0.1, -0.05) is 66.7 Å². The molecule has 1 nitrogen and oxygen atoms in total. The van der Waals surface area contributed by atoms with E-state index in [2.05, 4.69) is 108 Å². The largest absolute Gasteiger partial charge is 0.472 e. The lowest BCUT2D eigenvalue weighted by Crippen LogP contribution is -1.91. The number of benzene rings is 6. The monoisotopic (exact) mass is 500 g/mol. The summed E-state index contributed by atoms with van der Waals surface area (Å²) in [5.41, 5.74) is 10.2. The van der Waals surface area contributed by atoms with E-state index < -0.39 is 0 Å². The molecule has 176 valence electrons. The summed E-state index contributed by atoms with van der Waals surface area (Å²) in [7, 11) is 0. The zero-order valence-electron chi connectivity index (χ0n) is 20.4. The van der Waals surface area contributed by atoms with Crippen LogP contribution in [0.3, 0.4) is 0 Å². The molecule has 0 N–H and O–H groups in total. The van der Waals surface area contributed by atoms with Gasteiger partial charge in [-0.05, 0) is 118 Å². The Morgan fingerprint density at radius 1 is 0.500 bits per heavy atom. The van der Waals surface area contributed by atoms with Gasteiger partial charge in [0.05, 0.1) is 12.5 Å². The number of furan rings is 1. The van der Waals surface area contributed by atoms with Gasteiger partial charge >= 0.3 is 0 Å². The summed E-state index contributed by atoms with van der Waals surface area (Å²) < 4.78 is 5.61. The molecule has 2 heteroatoms. The molecule has 38 heavy (non-hydrogen) atoms. The zero-order chi connectivity index (χ0) is 24.8. The highest BCUT2D eigenvalue weighted by Crippen LogP contribution is 2.53. The standard InChI is InChI=1S/C36H20OS/c1-2-7-24-21(6-1)16-31-30-18-32-33(17-29(30)28-11-5-10-25(24)36(28)31)35(23-13-15-38-20-23)27-9-4-3-8-26(27)34(32)22-12-14-37-19-22/h1-20H. The van der Waals surface area contributed by atoms with E-state index in [1.807, 2.05) is 6.26 Å². The van der Waals surface area contributed by atoms with E-state index in [4.69, 9.17) is 4.42 Å².